The normalized spacial score (nSPS) is 25.0. The third-order valence-electron chi connectivity index (χ3n) is 6.52. The van der Waals surface area contributed by atoms with Gasteiger partial charge in [0.2, 0.25) is 5.91 Å². The first-order valence-electron chi connectivity index (χ1n) is 10.5. The Morgan fingerprint density at radius 2 is 1.84 bits per heavy atom. The number of hydrogen-bond acceptors (Lipinski definition) is 3. The summed E-state index contributed by atoms with van der Waals surface area (Å²) in [4.78, 5) is 14.8. The maximum atomic E-state index is 12.7. The number of piperidine rings is 1. The van der Waals surface area contributed by atoms with Crippen LogP contribution in [0.3, 0.4) is 0 Å². The van der Waals surface area contributed by atoms with Crippen LogP contribution in [-0.2, 0) is 17.8 Å². The lowest BCUT2D eigenvalue weighted by atomic mass is 9.95. The number of aryl methyl sites for hydroxylation is 1. The molecule has 3 aliphatic rings. The topological polar surface area (TPSA) is 51.0 Å². The molecule has 1 aromatic rings. The number of carbonyl (C=O) groups excluding carboxylic acids is 1. The van der Waals surface area contributed by atoms with Gasteiger partial charge in [0, 0.05) is 38.4 Å². The van der Waals surface area contributed by atoms with E-state index in [1.54, 1.807) is 0 Å². The van der Waals surface area contributed by atoms with Crippen LogP contribution in [0.25, 0.3) is 0 Å². The van der Waals surface area contributed by atoms with Crippen molar-refractivity contribution in [1.82, 2.24) is 19.7 Å². The highest BCUT2D eigenvalue weighted by molar-refractivity contribution is 5.76. The molecule has 5 heteroatoms. The molecule has 1 atom stereocenters. The van der Waals surface area contributed by atoms with Crippen molar-refractivity contribution in [2.75, 3.05) is 13.1 Å². The van der Waals surface area contributed by atoms with Crippen molar-refractivity contribution in [3.63, 3.8) is 0 Å². The maximum absolute atomic E-state index is 12.7. The molecule has 2 aliphatic heterocycles. The lowest BCUT2D eigenvalue weighted by Gasteiger charge is -2.32. The van der Waals surface area contributed by atoms with Crippen LogP contribution in [-0.4, -0.2) is 38.7 Å². The number of rotatable bonds is 4. The standard InChI is InChI=1S/C20H32N4O/c25-19(12-11-16-7-3-4-8-16)23-13-6-9-17(15-23)20-22-21-18-10-2-1-5-14-24(18)20/h16-17H,1-15H2. The number of carbonyl (C=O) groups is 1. The number of nitrogens with zero attached hydrogens (tertiary/aromatic N) is 4. The van der Waals surface area contributed by atoms with Crippen LogP contribution in [0.15, 0.2) is 0 Å². The van der Waals surface area contributed by atoms with Crippen molar-refractivity contribution in [3.8, 4) is 0 Å². The van der Waals surface area contributed by atoms with E-state index in [1.165, 1.54) is 44.9 Å². The Bertz CT molecular complexity index is 591. The van der Waals surface area contributed by atoms with Crippen molar-refractivity contribution in [2.24, 2.45) is 5.92 Å². The van der Waals surface area contributed by atoms with Crippen LogP contribution in [0.1, 0.15) is 88.2 Å². The van der Waals surface area contributed by atoms with E-state index >= 15 is 0 Å². The van der Waals surface area contributed by atoms with Crippen LogP contribution in [0.2, 0.25) is 0 Å². The Morgan fingerprint density at radius 3 is 2.72 bits per heavy atom. The Kier molecular flexibility index (Phi) is 5.37. The zero-order valence-corrected chi connectivity index (χ0v) is 15.5. The van der Waals surface area contributed by atoms with Gasteiger partial charge in [-0.1, -0.05) is 32.1 Å². The van der Waals surface area contributed by atoms with E-state index in [9.17, 15) is 4.79 Å². The van der Waals surface area contributed by atoms with Crippen molar-refractivity contribution in [1.29, 1.82) is 0 Å². The molecule has 0 aromatic carbocycles. The molecule has 0 spiro atoms. The molecule has 1 aliphatic carbocycles. The summed E-state index contributed by atoms with van der Waals surface area (Å²) in [5, 5.41) is 9.00. The minimum atomic E-state index is 0.368. The smallest absolute Gasteiger partial charge is 0.222 e. The highest BCUT2D eigenvalue weighted by atomic mass is 16.2. The highest BCUT2D eigenvalue weighted by Crippen LogP contribution is 2.31. The summed E-state index contributed by atoms with van der Waals surface area (Å²) < 4.78 is 2.37. The monoisotopic (exact) mass is 344 g/mol. The first-order chi connectivity index (χ1) is 12.3. The third kappa shape index (κ3) is 3.90. The molecule has 2 fully saturated rings. The average Bonchev–Trinajstić information content (AvgIpc) is 3.25. The first-order valence-corrected chi connectivity index (χ1v) is 10.5. The fraction of sp³-hybridized carbons (Fsp3) is 0.850. The number of amides is 1. The van der Waals surface area contributed by atoms with Gasteiger partial charge < -0.3 is 9.47 Å². The summed E-state index contributed by atoms with van der Waals surface area (Å²) in [7, 11) is 0. The van der Waals surface area contributed by atoms with Gasteiger partial charge in [0.1, 0.15) is 11.6 Å². The SMILES string of the molecule is O=C(CCC1CCCC1)N1CCCC(c2nnc3n2CCCCC3)C1. The van der Waals surface area contributed by atoms with Gasteiger partial charge in [-0.25, -0.2) is 0 Å². The predicted molar refractivity (Wildman–Crippen MR) is 97.3 cm³/mol. The second kappa shape index (κ2) is 7.88. The van der Waals surface area contributed by atoms with Gasteiger partial charge in [0.05, 0.1) is 0 Å². The molecule has 4 rings (SSSR count). The largest absolute Gasteiger partial charge is 0.342 e. The molecule has 25 heavy (non-hydrogen) atoms. The zero-order valence-electron chi connectivity index (χ0n) is 15.5. The fourth-order valence-electron chi connectivity index (χ4n) is 5.01. The number of aromatic nitrogens is 3. The van der Waals surface area contributed by atoms with E-state index in [0.29, 0.717) is 11.8 Å². The van der Waals surface area contributed by atoms with Crippen LogP contribution < -0.4 is 0 Å². The lowest BCUT2D eigenvalue weighted by Crippen LogP contribution is -2.39. The van der Waals surface area contributed by atoms with E-state index in [1.807, 2.05) is 0 Å². The number of likely N-dealkylation sites (tertiary alicyclic amines) is 1. The average molecular weight is 345 g/mol. The second-order valence-corrected chi connectivity index (χ2v) is 8.30. The van der Waals surface area contributed by atoms with Crippen LogP contribution in [0.4, 0.5) is 0 Å². The zero-order chi connectivity index (χ0) is 17.1. The van der Waals surface area contributed by atoms with E-state index < -0.39 is 0 Å². The van der Waals surface area contributed by atoms with Gasteiger partial charge in [-0.15, -0.1) is 10.2 Å². The minimum absolute atomic E-state index is 0.368. The quantitative estimate of drug-likeness (QED) is 0.837. The summed E-state index contributed by atoms with van der Waals surface area (Å²) >= 11 is 0. The Hall–Kier alpha value is -1.39. The summed E-state index contributed by atoms with van der Waals surface area (Å²) in [5.74, 6) is 3.86. The molecule has 1 amide bonds. The van der Waals surface area contributed by atoms with Crippen LogP contribution >= 0.6 is 0 Å². The van der Waals surface area contributed by atoms with Crippen molar-refractivity contribution in [2.45, 2.75) is 89.5 Å². The molecule has 138 valence electrons. The third-order valence-corrected chi connectivity index (χ3v) is 6.52. The highest BCUT2D eigenvalue weighted by Gasteiger charge is 2.29. The molecule has 1 saturated carbocycles. The molecule has 0 radical (unpaired) electrons. The van der Waals surface area contributed by atoms with Gasteiger partial charge >= 0.3 is 0 Å². The van der Waals surface area contributed by atoms with Gasteiger partial charge in [0.25, 0.3) is 0 Å². The van der Waals surface area contributed by atoms with E-state index in [4.69, 9.17) is 0 Å². The molecule has 0 bridgehead atoms. The molecule has 1 saturated heterocycles. The Balaban J connectivity index is 1.37. The van der Waals surface area contributed by atoms with Crippen LogP contribution in [0, 0.1) is 5.92 Å². The number of hydrogen-bond donors (Lipinski definition) is 0. The predicted octanol–water partition coefficient (Wildman–Crippen LogP) is 3.68. The van der Waals surface area contributed by atoms with Crippen molar-refractivity contribution >= 4 is 5.91 Å². The first kappa shape index (κ1) is 17.0. The van der Waals surface area contributed by atoms with Gasteiger partial charge in [-0.2, -0.15) is 0 Å². The molecule has 1 unspecified atom stereocenters. The number of fused-ring (bicyclic) bond motifs is 1. The van der Waals surface area contributed by atoms with E-state index in [-0.39, 0.29) is 0 Å². The Labute approximate surface area is 151 Å². The fourth-order valence-corrected chi connectivity index (χ4v) is 5.01. The van der Waals surface area contributed by atoms with E-state index in [2.05, 4.69) is 19.7 Å². The minimum Gasteiger partial charge on any atom is -0.342 e. The molecular weight excluding hydrogens is 312 g/mol. The molecule has 3 heterocycles. The van der Waals surface area contributed by atoms with Gasteiger partial charge in [0.15, 0.2) is 0 Å². The maximum Gasteiger partial charge on any atom is 0.222 e. The van der Waals surface area contributed by atoms with Gasteiger partial charge in [-0.3, -0.25) is 4.79 Å². The molecular formula is C20H32N4O. The van der Waals surface area contributed by atoms with Crippen LogP contribution in [0.5, 0.6) is 0 Å². The summed E-state index contributed by atoms with van der Waals surface area (Å²) in [6.07, 6.45) is 14.3. The lowest BCUT2D eigenvalue weighted by molar-refractivity contribution is -0.132. The van der Waals surface area contributed by atoms with Crippen molar-refractivity contribution < 1.29 is 4.79 Å². The summed E-state index contributed by atoms with van der Waals surface area (Å²) in [6.45, 7) is 2.84. The molecule has 1 aromatic heterocycles. The van der Waals surface area contributed by atoms with E-state index in [0.717, 1.165) is 69.3 Å². The Morgan fingerprint density at radius 1 is 0.960 bits per heavy atom. The van der Waals surface area contributed by atoms with Crippen molar-refractivity contribution in [3.05, 3.63) is 11.6 Å². The molecule has 5 nitrogen and oxygen atoms in total. The second-order valence-electron chi connectivity index (χ2n) is 8.30. The summed E-state index contributed by atoms with van der Waals surface area (Å²) in [6, 6.07) is 0. The molecule has 0 N–H and O–H groups in total. The van der Waals surface area contributed by atoms with Gasteiger partial charge in [-0.05, 0) is 38.0 Å². The summed E-state index contributed by atoms with van der Waals surface area (Å²) in [5.41, 5.74) is 0.